The van der Waals surface area contributed by atoms with Crippen LogP contribution in [-0.2, 0) is 0 Å². The summed E-state index contributed by atoms with van der Waals surface area (Å²) in [7, 11) is 0. The standard InChI is InChI=1S/C14H18Cl2N4/c1-8-3-5-10(6-4-8)9(2)20-7-17-13-11(20)12(15)18-14(16)19-13/h7-10H,3-6H2,1-2H3/t8-,9?,10-. The van der Waals surface area contributed by atoms with Crippen LogP contribution in [-0.4, -0.2) is 19.5 Å². The maximum atomic E-state index is 6.22. The van der Waals surface area contributed by atoms with Crippen LogP contribution in [0.3, 0.4) is 0 Å². The van der Waals surface area contributed by atoms with E-state index in [1.807, 2.05) is 6.33 Å². The SMILES string of the molecule is CC([C@H]1CC[C@H](C)CC1)n1cnc2nc(Cl)nc(Cl)c21. The van der Waals surface area contributed by atoms with Crippen LogP contribution in [0.25, 0.3) is 11.2 Å². The lowest BCUT2D eigenvalue weighted by atomic mass is 9.79. The highest BCUT2D eigenvalue weighted by Crippen LogP contribution is 2.37. The van der Waals surface area contributed by atoms with Crippen LogP contribution in [0.2, 0.25) is 10.4 Å². The Kier molecular flexibility index (Phi) is 3.87. The zero-order valence-electron chi connectivity index (χ0n) is 11.7. The van der Waals surface area contributed by atoms with Crippen molar-refractivity contribution < 1.29 is 0 Å². The van der Waals surface area contributed by atoms with Crippen LogP contribution >= 0.6 is 23.2 Å². The molecule has 0 saturated heterocycles. The van der Waals surface area contributed by atoms with Gasteiger partial charge in [0.2, 0.25) is 5.28 Å². The quantitative estimate of drug-likeness (QED) is 0.605. The Morgan fingerprint density at radius 2 is 1.90 bits per heavy atom. The van der Waals surface area contributed by atoms with Crippen LogP contribution in [0, 0.1) is 11.8 Å². The summed E-state index contributed by atoms with van der Waals surface area (Å²) in [5.41, 5.74) is 1.37. The summed E-state index contributed by atoms with van der Waals surface area (Å²) in [6, 6.07) is 0.356. The van der Waals surface area contributed by atoms with Gasteiger partial charge in [-0.1, -0.05) is 31.4 Å². The zero-order valence-corrected chi connectivity index (χ0v) is 13.2. The predicted molar refractivity (Wildman–Crippen MR) is 81.2 cm³/mol. The Labute approximate surface area is 128 Å². The van der Waals surface area contributed by atoms with E-state index >= 15 is 0 Å². The van der Waals surface area contributed by atoms with E-state index < -0.39 is 0 Å². The van der Waals surface area contributed by atoms with E-state index in [1.54, 1.807) is 0 Å². The van der Waals surface area contributed by atoms with E-state index in [1.165, 1.54) is 25.7 Å². The molecule has 2 aromatic heterocycles. The molecular weight excluding hydrogens is 295 g/mol. The first-order valence-corrected chi connectivity index (χ1v) is 7.87. The summed E-state index contributed by atoms with van der Waals surface area (Å²) in [4.78, 5) is 12.5. The Bertz CT molecular complexity index is 617. The molecule has 0 radical (unpaired) electrons. The first kappa shape index (κ1) is 14.1. The normalized spacial score (nSPS) is 25.0. The van der Waals surface area contributed by atoms with Gasteiger partial charge in [-0.25, -0.2) is 9.97 Å². The molecule has 4 nitrogen and oxygen atoms in total. The summed E-state index contributed by atoms with van der Waals surface area (Å²) in [6.07, 6.45) is 6.93. The van der Waals surface area contributed by atoms with Crippen LogP contribution in [0.15, 0.2) is 6.33 Å². The largest absolute Gasteiger partial charge is 0.324 e. The molecule has 0 bridgehead atoms. The fourth-order valence-electron chi connectivity index (χ4n) is 3.18. The third-order valence-corrected chi connectivity index (χ3v) is 4.97. The van der Waals surface area contributed by atoms with Crippen molar-refractivity contribution in [1.29, 1.82) is 0 Å². The molecule has 0 amide bonds. The molecule has 1 atom stereocenters. The molecule has 1 unspecified atom stereocenters. The highest BCUT2D eigenvalue weighted by molar-refractivity contribution is 6.35. The number of rotatable bonds is 2. The first-order valence-electron chi connectivity index (χ1n) is 7.12. The molecule has 2 heterocycles. The number of nitrogens with zero attached hydrogens (tertiary/aromatic N) is 4. The van der Waals surface area contributed by atoms with Crippen molar-refractivity contribution >= 4 is 34.4 Å². The van der Waals surface area contributed by atoms with Gasteiger partial charge in [-0.3, -0.25) is 0 Å². The molecular formula is C14H18Cl2N4. The molecule has 3 rings (SSSR count). The average molecular weight is 313 g/mol. The van der Waals surface area contributed by atoms with E-state index in [4.69, 9.17) is 23.2 Å². The average Bonchev–Trinajstić information content (AvgIpc) is 2.82. The Morgan fingerprint density at radius 3 is 2.60 bits per heavy atom. The van der Waals surface area contributed by atoms with Crippen LogP contribution in [0.4, 0.5) is 0 Å². The van der Waals surface area contributed by atoms with Crippen molar-refractivity contribution in [3.05, 3.63) is 16.8 Å². The maximum absolute atomic E-state index is 6.22. The van der Waals surface area contributed by atoms with Crippen molar-refractivity contribution in [3.63, 3.8) is 0 Å². The lowest BCUT2D eigenvalue weighted by molar-refractivity contribution is 0.227. The fraction of sp³-hybridized carbons (Fsp3) is 0.643. The van der Waals surface area contributed by atoms with Crippen molar-refractivity contribution in [2.75, 3.05) is 0 Å². The molecule has 108 valence electrons. The van der Waals surface area contributed by atoms with Crippen molar-refractivity contribution in [1.82, 2.24) is 19.5 Å². The summed E-state index contributed by atoms with van der Waals surface area (Å²) >= 11 is 12.0. The smallest absolute Gasteiger partial charge is 0.225 e. The Balaban J connectivity index is 1.94. The minimum atomic E-state index is 0.145. The molecule has 1 aliphatic carbocycles. The third-order valence-electron chi connectivity index (χ3n) is 4.54. The molecule has 0 aliphatic heterocycles. The van der Waals surface area contributed by atoms with E-state index in [2.05, 4.69) is 33.4 Å². The van der Waals surface area contributed by atoms with Gasteiger partial charge in [0.05, 0.1) is 6.33 Å². The molecule has 0 N–H and O–H groups in total. The molecule has 2 aromatic rings. The number of aromatic nitrogens is 4. The number of hydrogen-bond acceptors (Lipinski definition) is 3. The molecule has 0 aromatic carbocycles. The van der Waals surface area contributed by atoms with Crippen LogP contribution in [0.5, 0.6) is 0 Å². The summed E-state index contributed by atoms with van der Waals surface area (Å²) < 4.78 is 2.11. The van der Waals surface area contributed by atoms with Gasteiger partial charge in [0.25, 0.3) is 0 Å². The van der Waals surface area contributed by atoms with Gasteiger partial charge in [0.1, 0.15) is 5.52 Å². The van der Waals surface area contributed by atoms with Crippen LogP contribution in [0.1, 0.15) is 45.6 Å². The summed E-state index contributed by atoms with van der Waals surface area (Å²) in [5.74, 6) is 1.51. The van der Waals surface area contributed by atoms with Gasteiger partial charge >= 0.3 is 0 Å². The summed E-state index contributed by atoms with van der Waals surface area (Å²) in [5, 5.41) is 0.528. The lowest BCUT2D eigenvalue weighted by Gasteiger charge is -2.31. The minimum absolute atomic E-state index is 0.145. The Hall–Kier alpha value is -0.870. The molecule has 1 fully saturated rings. The highest BCUT2D eigenvalue weighted by Gasteiger charge is 2.26. The fourth-order valence-corrected chi connectivity index (χ4v) is 3.65. The highest BCUT2D eigenvalue weighted by atomic mass is 35.5. The zero-order chi connectivity index (χ0) is 14.3. The van der Waals surface area contributed by atoms with Crippen molar-refractivity contribution in [3.8, 4) is 0 Å². The van der Waals surface area contributed by atoms with Gasteiger partial charge in [-0.15, -0.1) is 0 Å². The maximum Gasteiger partial charge on any atom is 0.225 e. The van der Waals surface area contributed by atoms with E-state index in [-0.39, 0.29) is 5.28 Å². The molecule has 1 saturated carbocycles. The second kappa shape index (κ2) is 5.49. The second-order valence-electron chi connectivity index (χ2n) is 5.87. The van der Waals surface area contributed by atoms with Crippen molar-refractivity contribution in [2.24, 2.45) is 11.8 Å². The number of imidazole rings is 1. The minimum Gasteiger partial charge on any atom is -0.324 e. The van der Waals surface area contributed by atoms with E-state index in [0.29, 0.717) is 22.8 Å². The summed E-state index contributed by atoms with van der Waals surface area (Å²) in [6.45, 7) is 4.56. The number of fused-ring (bicyclic) bond motifs is 1. The van der Waals surface area contributed by atoms with Gasteiger partial charge < -0.3 is 4.57 Å². The molecule has 20 heavy (non-hydrogen) atoms. The number of halogens is 2. The van der Waals surface area contributed by atoms with Crippen LogP contribution < -0.4 is 0 Å². The van der Waals surface area contributed by atoms with Gasteiger partial charge in [0, 0.05) is 6.04 Å². The predicted octanol–water partition coefficient (Wildman–Crippen LogP) is 4.52. The second-order valence-corrected chi connectivity index (χ2v) is 6.56. The van der Waals surface area contributed by atoms with E-state index in [0.717, 1.165) is 11.4 Å². The van der Waals surface area contributed by atoms with Gasteiger partial charge in [-0.2, -0.15) is 4.98 Å². The lowest BCUT2D eigenvalue weighted by Crippen LogP contribution is -2.21. The van der Waals surface area contributed by atoms with Gasteiger partial charge in [-0.05, 0) is 43.2 Å². The monoisotopic (exact) mass is 312 g/mol. The molecule has 6 heteroatoms. The third kappa shape index (κ3) is 2.51. The first-order chi connectivity index (χ1) is 9.56. The molecule has 1 aliphatic rings. The topological polar surface area (TPSA) is 43.6 Å². The Morgan fingerprint density at radius 1 is 1.20 bits per heavy atom. The number of hydrogen-bond donors (Lipinski definition) is 0. The van der Waals surface area contributed by atoms with Crippen molar-refractivity contribution in [2.45, 2.75) is 45.6 Å². The van der Waals surface area contributed by atoms with E-state index in [9.17, 15) is 0 Å². The van der Waals surface area contributed by atoms with Gasteiger partial charge in [0.15, 0.2) is 10.8 Å². The molecule has 0 spiro atoms.